The Kier molecular flexibility index (Phi) is 5.38. The first-order chi connectivity index (χ1) is 10.1. The number of carbonyl (C=O) groups excluding carboxylic acids is 1. The molecular formula is C15H20N2O3S. The number of anilines is 1. The first-order valence-electron chi connectivity index (χ1n) is 6.95. The topological polar surface area (TPSA) is 55.6 Å². The fraction of sp³-hybridized carbons (Fsp3) is 0.467. The van der Waals surface area contributed by atoms with Gasteiger partial charge < -0.3 is 14.1 Å². The average Bonchev–Trinajstić information content (AvgIpc) is 3.06. The Bertz CT molecular complexity index is 591. The highest BCUT2D eigenvalue weighted by Crippen LogP contribution is 2.22. The van der Waals surface area contributed by atoms with Gasteiger partial charge in [0.05, 0.1) is 25.3 Å². The van der Waals surface area contributed by atoms with E-state index < -0.39 is 0 Å². The summed E-state index contributed by atoms with van der Waals surface area (Å²) in [5, 5.41) is 2.90. The molecular weight excluding hydrogens is 288 g/mol. The minimum atomic E-state index is -0.175. The van der Waals surface area contributed by atoms with Crippen molar-refractivity contribution in [2.75, 3.05) is 18.6 Å². The van der Waals surface area contributed by atoms with Crippen molar-refractivity contribution in [3.05, 3.63) is 34.7 Å². The summed E-state index contributed by atoms with van der Waals surface area (Å²) in [4.78, 5) is 17.9. The quantitative estimate of drug-likeness (QED) is 0.735. The van der Waals surface area contributed by atoms with Crippen molar-refractivity contribution >= 4 is 22.4 Å². The van der Waals surface area contributed by atoms with Crippen LogP contribution in [0.4, 0.5) is 5.13 Å². The van der Waals surface area contributed by atoms with Gasteiger partial charge in [-0.3, -0.25) is 4.79 Å². The first kappa shape index (κ1) is 15.6. The molecule has 5 nitrogen and oxygen atoms in total. The lowest BCUT2D eigenvalue weighted by Crippen LogP contribution is -2.15. The van der Waals surface area contributed by atoms with Crippen molar-refractivity contribution < 1.29 is 13.9 Å². The predicted octanol–water partition coefficient (Wildman–Crippen LogP) is 3.18. The van der Waals surface area contributed by atoms with E-state index in [9.17, 15) is 4.79 Å². The number of aryl methyl sites for hydroxylation is 2. The monoisotopic (exact) mass is 308 g/mol. The van der Waals surface area contributed by atoms with Crippen LogP contribution in [0.15, 0.2) is 21.9 Å². The minimum absolute atomic E-state index is 0.175. The van der Waals surface area contributed by atoms with Crippen molar-refractivity contribution in [1.29, 1.82) is 0 Å². The normalized spacial score (nSPS) is 10.6. The maximum atomic E-state index is 11.3. The van der Waals surface area contributed by atoms with E-state index >= 15 is 0 Å². The molecule has 21 heavy (non-hydrogen) atoms. The van der Waals surface area contributed by atoms with Gasteiger partial charge in [0.25, 0.3) is 0 Å². The molecule has 0 radical (unpaired) electrons. The number of rotatable bonds is 7. The molecule has 0 aliphatic rings. The summed E-state index contributed by atoms with van der Waals surface area (Å²) in [5.41, 5.74) is 0.922. The molecule has 0 spiro atoms. The molecule has 0 saturated heterocycles. The summed E-state index contributed by atoms with van der Waals surface area (Å²) in [6.45, 7) is 4.84. The van der Waals surface area contributed by atoms with Crippen LogP contribution in [0.2, 0.25) is 0 Å². The molecule has 2 aromatic rings. The van der Waals surface area contributed by atoms with Gasteiger partial charge in [-0.25, -0.2) is 4.98 Å². The number of hydrogen-bond acceptors (Lipinski definition) is 6. The zero-order valence-corrected chi connectivity index (χ0v) is 13.4. The molecule has 2 aromatic heterocycles. The number of hydrogen-bond donors (Lipinski definition) is 0. The van der Waals surface area contributed by atoms with Gasteiger partial charge in [-0.2, -0.15) is 0 Å². The first-order valence-corrected chi connectivity index (χ1v) is 7.83. The van der Waals surface area contributed by atoms with Crippen LogP contribution in [0.25, 0.3) is 0 Å². The lowest BCUT2D eigenvalue weighted by Gasteiger charge is -2.13. The van der Waals surface area contributed by atoms with Crippen molar-refractivity contribution in [1.82, 2.24) is 4.98 Å². The summed E-state index contributed by atoms with van der Waals surface area (Å²) >= 11 is 1.57. The third-order valence-corrected chi connectivity index (χ3v) is 3.95. The standard InChI is InChI=1S/C15H20N2O3S/c1-4-19-14(18)8-6-12-10-21-15(16-12)17(3)9-13-7-5-11(2)20-13/h5,7,10H,4,6,8-9H2,1-3H3. The van der Waals surface area contributed by atoms with Gasteiger partial charge >= 0.3 is 5.97 Å². The van der Waals surface area contributed by atoms with E-state index in [0.29, 0.717) is 26.0 Å². The molecule has 2 heterocycles. The summed E-state index contributed by atoms with van der Waals surface area (Å²) < 4.78 is 10.5. The van der Waals surface area contributed by atoms with Crippen molar-refractivity contribution in [3.63, 3.8) is 0 Å². The third-order valence-electron chi connectivity index (χ3n) is 2.95. The number of ether oxygens (including phenoxy) is 1. The Morgan fingerprint density at radius 1 is 1.48 bits per heavy atom. The predicted molar refractivity (Wildman–Crippen MR) is 82.6 cm³/mol. The number of furan rings is 1. The molecule has 0 bridgehead atoms. The van der Waals surface area contributed by atoms with Gasteiger partial charge in [0.1, 0.15) is 11.5 Å². The zero-order chi connectivity index (χ0) is 15.2. The SMILES string of the molecule is CCOC(=O)CCc1csc(N(C)Cc2ccc(C)o2)n1. The minimum Gasteiger partial charge on any atom is -0.466 e. The summed E-state index contributed by atoms with van der Waals surface area (Å²) in [7, 11) is 1.98. The summed E-state index contributed by atoms with van der Waals surface area (Å²) in [6, 6.07) is 3.93. The smallest absolute Gasteiger partial charge is 0.306 e. The second-order valence-electron chi connectivity index (χ2n) is 4.79. The van der Waals surface area contributed by atoms with Crippen LogP contribution in [0.1, 0.15) is 30.6 Å². The third kappa shape index (κ3) is 4.60. The van der Waals surface area contributed by atoms with E-state index in [1.165, 1.54) is 0 Å². The maximum absolute atomic E-state index is 11.3. The Morgan fingerprint density at radius 2 is 2.29 bits per heavy atom. The van der Waals surface area contributed by atoms with E-state index in [1.54, 1.807) is 11.3 Å². The van der Waals surface area contributed by atoms with Crippen molar-refractivity contribution in [2.24, 2.45) is 0 Å². The highest BCUT2D eigenvalue weighted by molar-refractivity contribution is 7.13. The number of esters is 1. The molecule has 6 heteroatoms. The van der Waals surface area contributed by atoms with Gasteiger partial charge in [-0.05, 0) is 26.0 Å². The van der Waals surface area contributed by atoms with Gasteiger partial charge in [0.2, 0.25) is 0 Å². The van der Waals surface area contributed by atoms with E-state index in [-0.39, 0.29) is 5.97 Å². The number of carbonyl (C=O) groups is 1. The molecule has 0 aromatic carbocycles. The number of nitrogens with zero attached hydrogens (tertiary/aromatic N) is 2. The van der Waals surface area contributed by atoms with Gasteiger partial charge in [0.15, 0.2) is 5.13 Å². The molecule has 0 fully saturated rings. The van der Waals surface area contributed by atoms with E-state index in [1.807, 2.05) is 43.3 Å². The van der Waals surface area contributed by atoms with Crippen LogP contribution >= 0.6 is 11.3 Å². The van der Waals surface area contributed by atoms with Crippen LogP contribution in [0.5, 0.6) is 0 Å². The Balaban J connectivity index is 1.88. The summed E-state index contributed by atoms with van der Waals surface area (Å²) in [6.07, 6.45) is 0.987. The Morgan fingerprint density at radius 3 is 2.95 bits per heavy atom. The molecule has 0 aliphatic carbocycles. The van der Waals surface area contributed by atoms with Crippen LogP contribution in [0, 0.1) is 6.92 Å². The molecule has 2 rings (SSSR count). The molecule has 114 valence electrons. The average molecular weight is 308 g/mol. The van der Waals surface area contributed by atoms with Crippen LogP contribution in [-0.4, -0.2) is 24.6 Å². The molecule has 0 unspecified atom stereocenters. The largest absolute Gasteiger partial charge is 0.466 e. The Labute approximate surface area is 128 Å². The van der Waals surface area contributed by atoms with Crippen molar-refractivity contribution in [2.45, 2.75) is 33.2 Å². The lowest BCUT2D eigenvalue weighted by molar-refractivity contribution is -0.143. The highest BCUT2D eigenvalue weighted by atomic mass is 32.1. The van der Waals surface area contributed by atoms with Gasteiger partial charge in [-0.15, -0.1) is 11.3 Å². The van der Waals surface area contributed by atoms with Crippen LogP contribution < -0.4 is 4.90 Å². The molecule has 0 atom stereocenters. The number of aromatic nitrogens is 1. The van der Waals surface area contributed by atoms with Crippen LogP contribution in [-0.2, 0) is 22.5 Å². The van der Waals surface area contributed by atoms with Gasteiger partial charge in [0, 0.05) is 18.8 Å². The Hall–Kier alpha value is -1.82. The van der Waals surface area contributed by atoms with Gasteiger partial charge in [-0.1, -0.05) is 0 Å². The van der Waals surface area contributed by atoms with E-state index in [2.05, 4.69) is 4.98 Å². The fourth-order valence-corrected chi connectivity index (χ4v) is 2.75. The highest BCUT2D eigenvalue weighted by Gasteiger charge is 2.11. The van der Waals surface area contributed by atoms with Crippen LogP contribution in [0.3, 0.4) is 0 Å². The number of thiazole rings is 1. The van der Waals surface area contributed by atoms with E-state index in [4.69, 9.17) is 9.15 Å². The summed E-state index contributed by atoms with van der Waals surface area (Å²) in [5.74, 6) is 1.65. The molecule has 0 aliphatic heterocycles. The fourth-order valence-electron chi connectivity index (χ4n) is 1.92. The second kappa shape index (κ2) is 7.26. The van der Waals surface area contributed by atoms with Crippen molar-refractivity contribution in [3.8, 4) is 0 Å². The molecule has 0 saturated carbocycles. The van der Waals surface area contributed by atoms with E-state index in [0.717, 1.165) is 22.3 Å². The lowest BCUT2D eigenvalue weighted by atomic mass is 10.2. The molecule has 0 N–H and O–H groups in total. The molecule has 0 amide bonds. The second-order valence-corrected chi connectivity index (χ2v) is 5.63. The zero-order valence-electron chi connectivity index (χ0n) is 12.6. The maximum Gasteiger partial charge on any atom is 0.306 e.